The second-order valence-electron chi connectivity index (χ2n) is 9.48. The van der Waals surface area contributed by atoms with Gasteiger partial charge >= 0.3 is 6.09 Å². The number of ether oxygens (including phenoxy) is 1. The summed E-state index contributed by atoms with van der Waals surface area (Å²) in [7, 11) is -1.05. The lowest BCUT2D eigenvalue weighted by molar-refractivity contribution is 0.0270. The Morgan fingerprint density at radius 3 is 2.40 bits per heavy atom. The molecule has 10 heteroatoms. The maximum atomic E-state index is 12.3. The van der Waals surface area contributed by atoms with Crippen LogP contribution in [0.2, 0.25) is 0 Å². The predicted octanol–water partition coefficient (Wildman–Crippen LogP) is 4.73. The molecule has 0 spiro atoms. The van der Waals surface area contributed by atoms with Crippen molar-refractivity contribution < 1.29 is 18.2 Å². The first kappa shape index (κ1) is 24.7. The third-order valence-corrected chi connectivity index (χ3v) is 6.82. The number of hydrogen-bond acceptors (Lipinski definition) is 8. The molecule has 2 aromatic heterocycles. The number of benzene rings is 1. The second kappa shape index (κ2) is 10.1. The Bertz CT molecular complexity index is 1260. The Kier molecular flexibility index (Phi) is 7.11. The zero-order valence-electron chi connectivity index (χ0n) is 20.5. The summed E-state index contributed by atoms with van der Waals surface area (Å²) in [5, 5.41) is 8.38. The van der Waals surface area contributed by atoms with Crippen LogP contribution in [0.3, 0.4) is 0 Å². The van der Waals surface area contributed by atoms with E-state index in [1.165, 1.54) is 0 Å². The number of rotatable bonds is 5. The Morgan fingerprint density at radius 1 is 1.09 bits per heavy atom. The van der Waals surface area contributed by atoms with Gasteiger partial charge in [-0.05, 0) is 39.3 Å². The van der Waals surface area contributed by atoms with Crippen molar-refractivity contribution >= 4 is 22.5 Å². The van der Waals surface area contributed by atoms with E-state index in [0.717, 1.165) is 16.0 Å². The molecule has 0 fully saturated rings. The summed E-state index contributed by atoms with van der Waals surface area (Å²) in [6.07, 6.45) is 5.37. The number of nitrogens with zero attached hydrogens (tertiary/aromatic N) is 5. The molecule has 0 bridgehead atoms. The molecule has 0 N–H and O–H groups in total. The zero-order valence-corrected chi connectivity index (χ0v) is 21.3. The van der Waals surface area contributed by atoms with Crippen LogP contribution in [-0.2, 0) is 15.5 Å². The van der Waals surface area contributed by atoms with Gasteiger partial charge in [-0.2, -0.15) is 0 Å². The second-order valence-corrected chi connectivity index (χ2v) is 11.5. The molecule has 1 aliphatic rings. The Morgan fingerprint density at radius 2 is 1.77 bits per heavy atom. The van der Waals surface area contributed by atoms with E-state index in [1.54, 1.807) is 17.3 Å². The maximum Gasteiger partial charge on any atom is 0.410 e. The van der Waals surface area contributed by atoms with Crippen molar-refractivity contribution in [2.24, 2.45) is 0 Å². The average molecular weight is 496 g/mol. The van der Waals surface area contributed by atoms with Gasteiger partial charge in [0, 0.05) is 34.4 Å². The van der Waals surface area contributed by atoms with Crippen LogP contribution in [-0.4, -0.2) is 59.3 Å². The highest BCUT2D eigenvalue weighted by Crippen LogP contribution is 2.26. The minimum atomic E-state index is -1.05. The molecule has 9 nitrogen and oxygen atoms in total. The Balaban J connectivity index is 1.47. The Labute approximate surface area is 207 Å². The lowest BCUT2D eigenvalue weighted by atomic mass is 10.1. The molecule has 3 aromatic rings. The fourth-order valence-corrected chi connectivity index (χ4v) is 4.40. The van der Waals surface area contributed by atoms with Crippen LogP contribution in [0.25, 0.3) is 28.4 Å². The third-order valence-electron chi connectivity index (χ3n) is 5.22. The molecule has 35 heavy (non-hydrogen) atoms. The number of carbonyl (C=O) groups excluding carboxylic acids is 1. The van der Waals surface area contributed by atoms with Gasteiger partial charge in [0.2, 0.25) is 5.89 Å². The molecule has 0 aliphatic carbocycles. The topological polar surface area (TPSA) is 111 Å². The van der Waals surface area contributed by atoms with E-state index in [-0.39, 0.29) is 17.2 Å². The number of aromatic nitrogens is 4. The van der Waals surface area contributed by atoms with Crippen LogP contribution in [0, 0.1) is 0 Å². The van der Waals surface area contributed by atoms with Crippen molar-refractivity contribution in [3.05, 3.63) is 48.6 Å². The summed E-state index contributed by atoms with van der Waals surface area (Å²) >= 11 is 0. The number of carbonyl (C=O) groups is 1. The molecule has 1 aliphatic heterocycles. The van der Waals surface area contributed by atoms with Gasteiger partial charge in [-0.1, -0.05) is 32.1 Å². The van der Waals surface area contributed by atoms with Gasteiger partial charge in [-0.25, -0.2) is 9.78 Å². The van der Waals surface area contributed by atoms with Gasteiger partial charge in [0.15, 0.2) is 0 Å². The molecule has 0 saturated heterocycles. The molecule has 1 atom stereocenters. The van der Waals surface area contributed by atoms with Crippen molar-refractivity contribution in [1.82, 2.24) is 25.1 Å². The molecule has 0 saturated carbocycles. The minimum absolute atomic E-state index is 0.0513. The molecular formula is C25H29N5O4S. The number of amides is 1. The first-order chi connectivity index (χ1) is 16.6. The van der Waals surface area contributed by atoms with Crippen molar-refractivity contribution in [2.45, 2.75) is 56.8 Å². The summed E-state index contributed by atoms with van der Waals surface area (Å²) in [5.74, 6) is 0.666. The van der Waals surface area contributed by atoms with E-state index in [4.69, 9.17) is 9.15 Å². The molecule has 4 rings (SSSR count). The van der Waals surface area contributed by atoms with Crippen LogP contribution in [0.4, 0.5) is 4.79 Å². The van der Waals surface area contributed by atoms with Crippen LogP contribution in [0.15, 0.2) is 52.0 Å². The lowest BCUT2D eigenvalue weighted by Crippen LogP contribution is -2.39. The van der Waals surface area contributed by atoms with Gasteiger partial charge in [0.05, 0.1) is 28.9 Å². The molecular weight excluding hydrogens is 466 g/mol. The van der Waals surface area contributed by atoms with E-state index >= 15 is 0 Å². The summed E-state index contributed by atoms with van der Waals surface area (Å²) < 4.78 is 23.6. The highest BCUT2D eigenvalue weighted by Gasteiger charge is 2.25. The summed E-state index contributed by atoms with van der Waals surface area (Å²) in [6, 6.07) is 7.46. The summed E-state index contributed by atoms with van der Waals surface area (Å²) in [5.41, 5.74) is 2.30. The van der Waals surface area contributed by atoms with Crippen molar-refractivity contribution in [3.8, 4) is 22.8 Å². The SMILES string of the molecule is CC(C)S(=O)c1ccc(-c2cncc(-c3nnc(C4=CCN(C(=O)OC(C)(C)C)CC4)o3)n2)cc1. The van der Waals surface area contributed by atoms with Crippen molar-refractivity contribution in [3.63, 3.8) is 0 Å². The highest BCUT2D eigenvalue weighted by atomic mass is 32.2. The lowest BCUT2D eigenvalue weighted by Gasteiger charge is -2.28. The van der Waals surface area contributed by atoms with E-state index in [0.29, 0.717) is 36.8 Å². The van der Waals surface area contributed by atoms with Gasteiger partial charge in [-0.15, -0.1) is 10.2 Å². The molecule has 1 aromatic carbocycles. The number of hydrogen-bond donors (Lipinski definition) is 0. The van der Waals surface area contributed by atoms with Crippen LogP contribution in [0.5, 0.6) is 0 Å². The zero-order chi connectivity index (χ0) is 25.2. The van der Waals surface area contributed by atoms with Gasteiger partial charge in [0.25, 0.3) is 5.89 Å². The molecule has 184 valence electrons. The van der Waals surface area contributed by atoms with E-state index in [1.807, 2.05) is 65.0 Å². The molecule has 0 radical (unpaired) electrons. The van der Waals surface area contributed by atoms with E-state index in [9.17, 15) is 9.00 Å². The van der Waals surface area contributed by atoms with Crippen LogP contribution < -0.4 is 0 Å². The molecule has 1 unspecified atom stereocenters. The predicted molar refractivity (Wildman–Crippen MR) is 133 cm³/mol. The van der Waals surface area contributed by atoms with Gasteiger partial charge < -0.3 is 14.1 Å². The van der Waals surface area contributed by atoms with E-state index in [2.05, 4.69) is 20.2 Å². The maximum absolute atomic E-state index is 12.3. The smallest absolute Gasteiger partial charge is 0.410 e. The third kappa shape index (κ3) is 6.00. The Hall–Kier alpha value is -3.40. The molecule has 1 amide bonds. The van der Waals surface area contributed by atoms with Gasteiger partial charge in [-0.3, -0.25) is 9.19 Å². The van der Waals surface area contributed by atoms with Gasteiger partial charge in [0.1, 0.15) is 11.3 Å². The van der Waals surface area contributed by atoms with Crippen molar-refractivity contribution in [2.75, 3.05) is 13.1 Å². The fraction of sp³-hybridized carbons (Fsp3) is 0.400. The summed E-state index contributed by atoms with van der Waals surface area (Å²) in [6.45, 7) is 10.3. The monoisotopic (exact) mass is 495 g/mol. The summed E-state index contributed by atoms with van der Waals surface area (Å²) in [4.78, 5) is 23.6. The minimum Gasteiger partial charge on any atom is -0.444 e. The average Bonchev–Trinajstić information content (AvgIpc) is 3.33. The van der Waals surface area contributed by atoms with Crippen molar-refractivity contribution in [1.29, 1.82) is 0 Å². The van der Waals surface area contributed by atoms with Crippen LogP contribution >= 0.6 is 0 Å². The largest absolute Gasteiger partial charge is 0.444 e. The highest BCUT2D eigenvalue weighted by molar-refractivity contribution is 7.85. The quantitative estimate of drug-likeness (QED) is 0.499. The normalized spacial score (nSPS) is 15.1. The fourth-order valence-electron chi connectivity index (χ4n) is 3.45. The first-order valence-electron chi connectivity index (χ1n) is 11.4. The van der Waals surface area contributed by atoms with Crippen LogP contribution in [0.1, 0.15) is 46.9 Å². The first-order valence-corrected chi connectivity index (χ1v) is 12.7. The standard InChI is InChI=1S/C25H29N5O4S/c1-16(2)35(32)19-8-6-17(7-9-19)20-14-26-15-21(27-20)23-29-28-22(33-23)18-10-12-30(13-11-18)24(31)34-25(3,4)5/h6-10,14-16H,11-13H2,1-5H3. The molecule has 3 heterocycles. The van der Waals surface area contributed by atoms with E-state index < -0.39 is 16.4 Å².